The van der Waals surface area contributed by atoms with Gasteiger partial charge in [-0.3, -0.25) is 0 Å². The quantitative estimate of drug-likeness (QED) is 0.200. The van der Waals surface area contributed by atoms with Crippen LogP contribution in [-0.2, 0) is 22.6 Å². The number of aryl methyl sites for hydroxylation is 1. The lowest BCUT2D eigenvalue weighted by Gasteiger charge is -2.33. The van der Waals surface area contributed by atoms with Crippen molar-refractivity contribution in [1.82, 2.24) is 14.5 Å². The summed E-state index contributed by atoms with van der Waals surface area (Å²) >= 11 is 5.67. The van der Waals surface area contributed by atoms with Crippen LogP contribution in [0.25, 0.3) is 0 Å². The number of benzene rings is 2. The molecule has 1 fully saturated rings. The SMILES string of the molecule is CCOC(=O)c1cccc(NC(=S)N2CCC(c3nccn3CCCCOCc3ccccc3)CC2)c1. The molecule has 2 aromatic carbocycles. The van der Waals surface area contributed by atoms with E-state index < -0.39 is 0 Å². The van der Waals surface area contributed by atoms with Gasteiger partial charge in [-0.05, 0) is 68.6 Å². The zero-order chi connectivity index (χ0) is 25.9. The van der Waals surface area contributed by atoms with Crippen molar-refractivity contribution in [2.75, 3.05) is 31.6 Å². The summed E-state index contributed by atoms with van der Waals surface area (Å²) in [5.74, 6) is 1.27. The van der Waals surface area contributed by atoms with Gasteiger partial charge in [0.05, 0.1) is 18.8 Å². The summed E-state index contributed by atoms with van der Waals surface area (Å²) in [6.45, 7) is 6.29. The summed E-state index contributed by atoms with van der Waals surface area (Å²) in [5, 5.41) is 3.96. The minimum atomic E-state index is -0.326. The highest BCUT2D eigenvalue weighted by atomic mass is 32.1. The number of aromatic nitrogens is 2. The Balaban J connectivity index is 1.19. The van der Waals surface area contributed by atoms with Gasteiger partial charge in [0.15, 0.2) is 5.11 Å². The summed E-state index contributed by atoms with van der Waals surface area (Å²) in [4.78, 5) is 18.9. The number of hydrogen-bond acceptors (Lipinski definition) is 5. The van der Waals surface area contributed by atoms with E-state index in [2.05, 4.69) is 33.1 Å². The van der Waals surface area contributed by atoms with Gasteiger partial charge < -0.3 is 24.3 Å². The van der Waals surface area contributed by atoms with E-state index in [0.29, 0.717) is 29.8 Å². The van der Waals surface area contributed by atoms with Crippen LogP contribution < -0.4 is 5.32 Å². The van der Waals surface area contributed by atoms with Crippen LogP contribution in [0.2, 0.25) is 0 Å². The van der Waals surface area contributed by atoms with E-state index in [1.807, 2.05) is 36.5 Å². The van der Waals surface area contributed by atoms with E-state index in [9.17, 15) is 4.79 Å². The molecule has 4 rings (SSSR count). The number of piperidine rings is 1. The number of nitrogens with zero attached hydrogens (tertiary/aromatic N) is 3. The number of ether oxygens (including phenoxy) is 2. The number of nitrogens with one attached hydrogen (secondary N) is 1. The third kappa shape index (κ3) is 7.87. The molecule has 1 aliphatic heterocycles. The van der Waals surface area contributed by atoms with Crippen molar-refractivity contribution in [3.8, 4) is 0 Å². The molecule has 8 heteroatoms. The highest BCUT2D eigenvalue weighted by Gasteiger charge is 2.25. The Morgan fingerprint density at radius 3 is 2.70 bits per heavy atom. The molecule has 0 bridgehead atoms. The predicted molar refractivity (Wildman–Crippen MR) is 150 cm³/mol. The molecule has 0 saturated carbocycles. The van der Waals surface area contributed by atoms with E-state index in [-0.39, 0.29) is 5.97 Å². The lowest BCUT2D eigenvalue weighted by Crippen LogP contribution is -2.40. The topological polar surface area (TPSA) is 68.6 Å². The molecule has 0 radical (unpaired) electrons. The van der Waals surface area contributed by atoms with Gasteiger partial charge in [0.25, 0.3) is 0 Å². The molecule has 7 nitrogen and oxygen atoms in total. The Bertz CT molecular complexity index is 1140. The van der Waals surface area contributed by atoms with Crippen molar-refractivity contribution in [2.45, 2.75) is 51.7 Å². The maximum Gasteiger partial charge on any atom is 0.338 e. The van der Waals surface area contributed by atoms with Crippen molar-refractivity contribution < 1.29 is 14.3 Å². The van der Waals surface area contributed by atoms with Gasteiger partial charge in [-0.2, -0.15) is 0 Å². The summed E-state index contributed by atoms with van der Waals surface area (Å²) in [7, 11) is 0. The number of hydrogen-bond donors (Lipinski definition) is 1. The molecule has 1 aromatic heterocycles. The van der Waals surface area contributed by atoms with E-state index >= 15 is 0 Å². The fraction of sp³-hybridized carbons (Fsp3) is 0.414. The Morgan fingerprint density at radius 2 is 1.92 bits per heavy atom. The van der Waals surface area contributed by atoms with Gasteiger partial charge in [-0.1, -0.05) is 36.4 Å². The van der Waals surface area contributed by atoms with Gasteiger partial charge in [-0.25, -0.2) is 9.78 Å². The van der Waals surface area contributed by atoms with Gasteiger partial charge in [-0.15, -0.1) is 0 Å². The first-order chi connectivity index (χ1) is 18.1. The molecule has 0 atom stereocenters. The molecular weight excluding hydrogens is 484 g/mol. The zero-order valence-corrected chi connectivity index (χ0v) is 22.3. The number of likely N-dealkylation sites (tertiary alicyclic amines) is 1. The second-order valence-electron chi connectivity index (χ2n) is 9.22. The molecule has 196 valence electrons. The highest BCUT2D eigenvalue weighted by molar-refractivity contribution is 7.80. The summed E-state index contributed by atoms with van der Waals surface area (Å²) in [6.07, 6.45) is 8.10. The smallest absolute Gasteiger partial charge is 0.338 e. The average Bonchev–Trinajstić information content (AvgIpc) is 3.40. The second-order valence-corrected chi connectivity index (χ2v) is 9.60. The number of carbonyl (C=O) groups is 1. The van der Waals surface area contributed by atoms with E-state index in [4.69, 9.17) is 26.7 Å². The number of esters is 1. The minimum absolute atomic E-state index is 0.326. The van der Waals surface area contributed by atoms with Gasteiger partial charge >= 0.3 is 5.97 Å². The summed E-state index contributed by atoms with van der Waals surface area (Å²) < 4.78 is 13.2. The van der Waals surface area contributed by atoms with Crippen LogP contribution in [0.5, 0.6) is 0 Å². The third-order valence-corrected chi connectivity index (χ3v) is 6.93. The molecule has 1 saturated heterocycles. The molecule has 0 spiro atoms. The first kappa shape index (κ1) is 26.8. The van der Waals surface area contributed by atoms with Crippen LogP contribution in [0.3, 0.4) is 0 Å². The molecule has 0 aliphatic carbocycles. The molecule has 2 heterocycles. The number of carbonyl (C=O) groups excluding carboxylic acids is 1. The fourth-order valence-corrected chi connectivity index (χ4v) is 4.90. The average molecular weight is 521 g/mol. The maximum atomic E-state index is 12.0. The molecule has 37 heavy (non-hydrogen) atoms. The van der Waals surface area contributed by atoms with Crippen molar-refractivity contribution in [3.63, 3.8) is 0 Å². The molecule has 1 N–H and O–H groups in total. The minimum Gasteiger partial charge on any atom is -0.462 e. The van der Waals surface area contributed by atoms with E-state index in [0.717, 1.165) is 57.6 Å². The van der Waals surface area contributed by atoms with Crippen LogP contribution in [0.15, 0.2) is 67.0 Å². The van der Waals surface area contributed by atoms with Crippen LogP contribution in [0, 0.1) is 0 Å². The number of thiocarbonyl (C=S) groups is 1. The van der Waals surface area contributed by atoms with E-state index in [1.165, 1.54) is 11.4 Å². The fourth-order valence-electron chi connectivity index (χ4n) is 4.60. The first-order valence-electron chi connectivity index (χ1n) is 13.1. The lowest BCUT2D eigenvalue weighted by atomic mass is 9.96. The zero-order valence-electron chi connectivity index (χ0n) is 21.5. The Labute approximate surface area is 224 Å². The predicted octanol–water partition coefficient (Wildman–Crippen LogP) is 5.63. The molecular formula is C29H36N4O3S. The Morgan fingerprint density at radius 1 is 1.11 bits per heavy atom. The van der Waals surface area contributed by atoms with Crippen LogP contribution in [-0.4, -0.2) is 51.8 Å². The number of imidazole rings is 1. The normalized spacial score (nSPS) is 13.9. The maximum absolute atomic E-state index is 12.0. The van der Waals surface area contributed by atoms with Gasteiger partial charge in [0.2, 0.25) is 0 Å². The summed E-state index contributed by atoms with van der Waals surface area (Å²) in [5.41, 5.74) is 2.52. The summed E-state index contributed by atoms with van der Waals surface area (Å²) in [6, 6.07) is 17.6. The number of rotatable bonds is 11. The standard InChI is InChI=1S/C29H36N4O3S/c1-2-36-28(34)25-11-8-12-26(21-25)31-29(37)33-17-13-24(14-18-33)27-30-15-19-32(27)16-6-7-20-35-22-23-9-4-3-5-10-23/h3-5,8-12,15,19,21,24H,2,6-7,13-14,16-18,20,22H2,1H3,(H,31,37). The molecule has 0 unspecified atom stereocenters. The van der Waals surface area contributed by atoms with Crippen molar-refractivity contribution in [2.24, 2.45) is 0 Å². The molecule has 3 aromatic rings. The molecule has 0 amide bonds. The molecule has 1 aliphatic rings. The Kier molecular flexibility index (Phi) is 10.1. The highest BCUT2D eigenvalue weighted by Crippen LogP contribution is 2.27. The van der Waals surface area contributed by atoms with Crippen LogP contribution >= 0.6 is 12.2 Å². The van der Waals surface area contributed by atoms with E-state index in [1.54, 1.807) is 19.1 Å². The second kappa shape index (κ2) is 13.9. The van der Waals surface area contributed by atoms with Crippen molar-refractivity contribution in [1.29, 1.82) is 0 Å². The third-order valence-electron chi connectivity index (χ3n) is 6.57. The number of unbranched alkanes of at least 4 members (excludes halogenated alkanes) is 1. The number of anilines is 1. The van der Waals surface area contributed by atoms with Crippen LogP contribution in [0.4, 0.5) is 5.69 Å². The van der Waals surface area contributed by atoms with Gasteiger partial charge in [0, 0.05) is 50.2 Å². The van der Waals surface area contributed by atoms with Gasteiger partial charge in [0.1, 0.15) is 5.82 Å². The van der Waals surface area contributed by atoms with Crippen LogP contribution in [0.1, 0.15) is 60.3 Å². The van der Waals surface area contributed by atoms with Crippen molar-refractivity contribution in [3.05, 3.63) is 83.9 Å². The lowest BCUT2D eigenvalue weighted by molar-refractivity contribution is 0.0526. The monoisotopic (exact) mass is 520 g/mol. The van der Waals surface area contributed by atoms with Crippen molar-refractivity contribution >= 4 is 29.0 Å². The largest absolute Gasteiger partial charge is 0.462 e. The Hall–Kier alpha value is -3.23. The first-order valence-corrected chi connectivity index (χ1v) is 13.5.